The molecule has 0 radical (unpaired) electrons. The fourth-order valence-corrected chi connectivity index (χ4v) is 5.59. The van der Waals surface area contributed by atoms with Crippen LogP contribution in [0.25, 0.3) is 0 Å². The number of hydrogen-bond donors (Lipinski definition) is 2. The summed E-state index contributed by atoms with van der Waals surface area (Å²) in [6.07, 6.45) is 5.80. The Labute approximate surface area is 151 Å². The van der Waals surface area contributed by atoms with Crippen molar-refractivity contribution in [2.75, 3.05) is 19.3 Å². The number of β-amino-alcohol motifs (C(OH)–C–C–N with tert-alkyl or cyclic N) is 1. The first-order chi connectivity index (χ1) is 11.9. The third kappa shape index (κ3) is 5.03. The van der Waals surface area contributed by atoms with Crippen LogP contribution in [0.1, 0.15) is 43.2 Å². The van der Waals surface area contributed by atoms with Crippen molar-refractivity contribution in [2.24, 2.45) is 0 Å². The Kier molecular flexibility index (Phi) is 6.15. The maximum Gasteiger partial charge on any atom is 0.151 e. The van der Waals surface area contributed by atoms with Gasteiger partial charge in [0, 0.05) is 38.5 Å². The van der Waals surface area contributed by atoms with Gasteiger partial charge in [-0.05, 0) is 30.4 Å². The molecule has 2 N–H and O–H groups in total. The number of nitrogens with zero attached hydrogens (tertiary/aromatic N) is 1. The summed E-state index contributed by atoms with van der Waals surface area (Å²) in [5, 5.41) is 13.0. The molecule has 1 saturated heterocycles. The number of aliphatic hydroxyl groups is 1. The minimum atomic E-state index is -3.01. The normalized spacial score (nSPS) is 28.3. The number of rotatable bonds is 6. The highest BCUT2D eigenvalue weighted by atomic mass is 32.2. The summed E-state index contributed by atoms with van der Waals surface area (Å²) in [7, 11) is -3.01. The van der Waals surface area contributed by atoms with Gasteiger partial charge in [0.25, 0.3) is 0 Å². The molecule has 0 amide bonds. The number of sulfone groups is 1. The van der Waals surface area contributed by atoms with Crippen LogP contribution in [-0.4, -0.2) is 55.2 Å². The van der Waals surface area contributed by atoms with E-state index in [4.69, 9.17) is 0 Å². The first-order valence-corrected chi connectivity index (χ1v) is 11.3. The summed E-state index contributed by atoms with van der Waals surface area (Å²) in [6.45, 7) is 3.21. The molecule has 0 bridgehead atoms. The topological polar surface area (TPSA) is 69.6 Å². The van der Waals surface area contributed by atoms with E-state index >= 15 is 0 Å². The van der Waals surface area contributed by atoms with Crippen LogP contribution in [0.3, 0.4) is 0 Å². The van der Waals surface area contributed by atoms with E-state index in [0.717, 1.165) is 51.7 Å². The van der Waals surface area contributed by atoms with E-state index in [1.54, 1.807) is 0 Å². The molecule has 1 aromatic carbocycles. The molecule has 0 spiro atoms. The molecule has 3 atom stereocenters. The average Bonchev–Trinajstić information content (AvgIpc) is 2.98. The predicted molar refractivity (Wildman–Crippen MR) is 100 cm³/mol. The van der Waals surface area contributed by atoms with Crippen molar-refractivity contribution in [3.05, 3.63) is 35.4 Å². The van der Waals surface area contributed by atoms with Gasteiger partial charge in [-0.25, -0.2) is 8.42 Å². The first-order valence-electron chi connectivity index (χ1n) is 9.33. The second kappa shape index (κ2) is 8.16. The van der Waals surface area contributed by atoms with E-state index in [2.05, 4.69) is 22.3 Å². The largest absolute Gasteiger partial charge is 0.392 e. The highest BCUT2D eigenvalue weighted by Gasteiger charge is 2.32. The van der Waals surface area contributed by atoms with Crippen molar-refractivity contribution in [2.45, 2.75) is 62.6 Å². The fraction of sp³-hybridized carbons (Fsp3) is 0.684. The smallest absolute Gasteiger partial charge is 0.151 e. The van der Waals surface area contributed by atoms with Gasteiger partial charge in [-0.15, -0.1) is 0 Å². The zero-order valence-corrected chi connectivity index (χ0v) is 15.8. The predicted octanol–water partition coefficient (Wildman–Crippen LogP) is 1.70. The second-order valence-electron chi connectivity index (χ2n) is 7.59. The average molecular weight is 367 g/mol. The van der Waals surface area contributed by atoms with Crippen LogP contribution < -0.4 is 5.32 Å². The SMILES string of the molecule is CS(=O)(=O)C1CCCCC1NCc1ccccc1CN1CCC(O)C1. The molecule has 2 aliphatic rings. The third-order valence-corrected chi connectivity index (χ3v) is 7.23. The van der Waals surface area contributed by atoms with Crippen LogP contribution in [0, 0.1) is 0 Å². The summed E-state index contributed by atoms with van der Waals surface area (Å²) in [4.78, 5) is 2.28. The van der Waals surface area contributed by atoms with Gasteiger partial charge < -0.3 is 10.4 Å². The molecule has 3 rings (SSSR count). The summed E-state index contributed by atoms with van der Waals surface area (Å²) in [5.74, 6) is 0. The Morgan fingerprint density at radius 2 is 1.88 bits per heavy atom. The molecular weight excluding hydrogens is 336 g/mol. The summed E-state index contributed by atoms with van der Waals surface area (Å²) in [5.41, 5.74) is 2.48. The van der Waals surface area contributed by atoms with Crippen molar-refractivity contribution in [1.29, 1.82) is 0 Å². The maximum absolute atomic E-state index is 12.1. The van der Waals surface area contributed by atoms with Crippen LogP contribution in [-0.2, 0) is 22.9 Å². The van der Waals surface area contributed by atoms with Crippen LogP contribution in [0.15, 0.2) is 24.3 Å². The molecule has 1 saturated carbocycles. The summed E-state index contributed by atoms with van der Waals surface area (Å²) >= 11 is 0. The van der Waals surface area contributed by atoms with Crippen LogP contribution in [0.2, 0.25) is 0 Å². The van der Waals surface area contributed by atoms with Gasteiger partial charge in [-0.2, -0.15) is 0 Å². The fourth-order valence-electron chi connectivity index (χ4n) is 4.16. The quantitative estimate of drug-likeness (QED) is 0.802. The number of hydrogen-bond acceptors (Lipinski definition) is 5. The van der Waals surface area contributed by atoms with Crippen LogP contribution >= 0.6 is 0 Å². The maximum atomic E-state index is 12.1. The zero-order chi connectivity index (χ0) is 17.9. The molecule has 3 unspecified atom stereocenters. The molecule has 2 fully saturated rings. The number of nitrogens with one attached hydrogen (secondary N) is 1. The number of aliphatic hydroxyl groups excluding tert-OH is 1. The lowest BCUT2D eigenvalue weighted by Gasteiger charge is -2.31. The Balaban J connectivity index is 1.64. The summed E-state index contributed by atoms with van der Waals surface area (Å²) in [6, 6.07) is 8.38. The molecule has 1 aliphatic carbocycles. The lowest BCUT2D eigenvalue weighted by atomic mass is 9.94. The molecule has 6 heteroatoms. The molecule has 25 heavy (non-hydrogen) atoms. The molecule has 1 aromatic rings. The van der Waals surface area contributed by atoms with Gasteiger partial charge in [-0.1, -0.05) is 37.1 Å². The Hall–Kier alpha value is -0.950. The van der Waals surface area contributed by atoms with E-state index in [1.165, 1.54) is 17.4 Å². The molecule has 1 aliphatic heterocycles. The highest BCUT2D eigenvalue weighted by Crippen LogP contribution is 2.25. The first kappa shape index (κ1) is 18.8. The molecular formula is C19H30N2O3S. The van der Waals surface area contributed by atoms with E-state index in [-0.39, 0.29) is 17.4 Å². The second-order valence-corrected chi connectivity index (χ2v) is 9.85. The summed E-state index contributed by atoms with van der Waals surface area (Å²) < 4.78 is 24.1. The third-order valence-electron chi connectivity index (χ3n) is 5.57. The van der Waals surface area contributed by atoms with Gasteiger partial charge >= 0.3 is 0 Å². The van der Waals surface area contributed by atoms with E-state index in [1.807, 2.05) is 12.1 Å². The minimum absolute atomic E-state index is 0.0467. The van der Waals surface area contributed by atoms with Gasteiger partial charge in [-0.3, -0.25) is 4.90 Å². The van der Waals surface area contributed by atoms with E-state index in [9.17, 15) is 13.5 Å². The number of likely N-dealkylation sites (tertiary alicyclic amines) is 1. The zero-order valence-electron chi connectivity index (χ0n) is 15.0. The monoisotopic (exact) mass is 366 g/mol. The van der Waals surface area contributed by atoms with Crippen LogP contribution in [0.5, 0.6) is 0 Å². The Morgan fingerprint density at radius 1 is 1.16 bits per heavy atom. The highest BCUT2D eigenvalue weighted by molar-refractivity contribution is 7.91. The molecule has 140 valence electrons. The van der Waals surface area contributed by atoms with E-state index < -0.39 is 9.84 Å². The Morgan fingerprint density at radius 3 is 2.56 bits per heavy atom. The minimum Gasteiger partial charge on any atom is -0.392 e. The lowest BCUT2D eigenvalue weighted by molar-refractivity contribution is 0.174. The standard InChI is InChI=1S/C19H30N2O3S/c1-25(23,24)19-9-5-4-8-18(19)20-12-15-6-2-3-7-16(15)13-21-11-10-17(22)14-21/h2-3,6-7,17-20,22H,4-5,8-14H2,1H3. The van der Waals surface area contributed by atoms with Crippen molar-refractivity contribution >= 4 is 9.84 Å². The van der Waals surface area contributed by atoms with Crippen molar-refractivity contribution in [1.82, 2.24) is 10.2 Å². The van der Waals surface area contributed by atoms with Crippen molar-refractivity contribution in [3.63, 3.8) is 0 Å². The van der Waals surface area contributed by atoms with Gasteiger partial charge in [0.1, 0.15) is 0 Å². The van der Waals surface area contributed by atoms with E-state index in [0.29, 0.717) is 6.54 Å². The molecule has 5 nitrogen and oxygen atoms in total. The lowest BCUT2D eigenvalue weighted by Crippen LogP contribution is -2.45. The van der Waals surface area contributed by atoms with Crippen molar-refractivity contribution in [3.8, 4) is 0 Å². The molecule has 0 aromatic heterocycles. The van der Waals surface area contributed by atoms with Gasteiger partial charge in [0.15, 0.2) is 9.84 Å². The van der Waals surface area contributed by atoms with Crippen molar-refractivity contribution < 1.29 is 13.5 Å². The molecule has 1 heterocycles. The van der Waals surface area contributed by atoms with Crippen LogP contribution in [0.4, 0.5) is 0 Å². The Bertz CT molecular complexity index is 677. The number of benzene rings is 1. The van der Waals surface area contributed by atoms with Gasteiger partial charge in [0.05, 0.1) is 11.4 Å². The van der Waals surface area contributed by atoms with Gasteiger partial charge in [0.2, 0.25) is 0 Å².